The van der Waals surface area contributed by atoms with E-state index in [1.54, 1.807) is 48.6 Å². The molecule has 0 bridgehead atoms. The first-order valence-electron chi connectivity index (χ1n) is 8.77. The first-order valence-corrected chi connectivity index (χ1v) is 8.77. The Bertz CT molecular complexity index is 753. The highest BCUT2D eigenvalue weighted by Crippen LogP contribution is 2.08. The van der Waals surface area contributed by atoms with Gasteiger partial charge in [-0.3, -0.25) is 0 Å². The van der Waals surface area contributed by atoms with Gasteiger partial charge in [0.15, 0.2) is 0 Å². The van der Waals surface area contributed by atoms with Gasteiger partial charge in [0, 0.05) is 0 Å². The third-order valence-corrected chi connectivity index (χ3v) is 3.62. The highest BCUT2D eigenvalue weighted by Gasteiger charge is 2.08. The number of hydrogen-bond acceptors (Lipinski definition) is 4. The van der Waals surface area contributed by atoms with Crippen LogP contribution in [0.1, 0.15) is 36.8 Å². The molecule has 0 N–H and O–H groups in total. The summed E-state index contributed by atoms with van der Waals surface area (Å²) in [6.45, 7) is 0. The SMILES string of the molecule is O=C(CCC=Cc1ccc(F)cc1)OOC(=O)CCC=Cc1ccc(F)cc1. The zero-order chi connectivity index (χ0) is 20.2. The summed E-state index contributed by atoms with van der Waals surface area (Å²) in [7, 11) is 0. The Labute approximate surface area is 162 Å². The second-order valence-corrected chi connectivity index (χ2v) is 5.90. The number of rotatable bonds is 8. The van der Waals surface area contributed by atoms with Crippen LogP contribution in [0.5, 0.6) is 0 Å². The zero-order valence-electron chi connectivity index (χ0n) is 15.1. The number of carbonyl (C=O) groups excluding carboxylic acids is 2. The summed E-state index contributed by atoms with van der Waals surface area (Å²) >= 11 is 0. The van der Waals surface area contributed by atoms with E-state index in [-0.39, 0.29) is 24.5 Å². The zero-order valence-corrected chi connectivity index (χ0v) is 15.1. The molecule has 0 spiro atoms. The molecule has 0 saturated carbocycles. The molecule has 0 amide bonds. The van der Waals surface area contributed by atoms with E-state index in [1.165, 1.54) is 24.3 Å². The van der Waals surface area contributed by atoms with Crippen molar-refractivity contribution in [2.45, 2.75) is 25.7 Å². The Morgan fingerprint density at radius 3 is 1.39 bits per heavy atom. The molecule has 0 fully saturated rings. The Hall–Kier alpha value is -3.28. The predicted molar refractivity (Wildman–Crippen MR) is 102 cm³/mol. The molecular weight excluding hydrogens is 366 g/mol. The highest BCUT2D eigenvalue weighted by atomic mass is 19.1. The van der Waals surface area contributed by atoms with E-state index in [1.807, 2.05) is 0 Å². The third kappa shape index (κ3) is 8.40. The monoisotopic (exact) mass is 386 g/mol. The summed E-state index contributed by atoms with van der Waals surface area (Å²) in [6.07, 6.45) is 7.90. The molecule has 2 aromatic rings. The van der Waals surface area contributed by atoms with Gasteiger partial charge in [0.05, 0.1) is 12.8 Å². The van der Waals surface area contributed by atoms with E-state index in [0.717, 1.165) is 11.1 Å². The fourth-order valence-electron chi connectivity index (χ4n) is 2.17. The first-order chi connectivity index (χ1) is 13.5. The average molecular weight is 386 g/mol. The molecule has 0 aliphatic carbocycles. The number of allylic oxidation sites excluding steroid dienone is 2. The minimum absolute atomic E-state index is 0.0510. The molecule has 28 heavy (non-hydrogen) atoms. The standard InChI is InChI=1S/C22H20F2O4/c23-19-13-9-17(10-14-19)5-1-3-7-21(25)27-28-22(26)8-4-2-6-18-11-15-20(24)16-12-18/h1-2,5-6,9-16H,3-4,7-8H2. The van der Waals surface area contributed by atoms with Gasteiger partial charge in [0.25, 0.3) is 0 Å². The van der Waals surface area contributed by atoms with Gasteiger partial charge in [0.2, 0.25) is 0 Å². The second kappa shape index (κ2) is 11.4. The quantitative estimate of drug-likeness (QED) is 0.459. The van der Waals surface area contributed by atoms with Crippen LogP contribution >= 0.6 is 0 Å². The van der Waals surface area contributed by atoms with E-state index < -0.39 is 11.9 Å². The van der Waals surface area contributed by atoms with Crippen LogP contribution < -0.4 is 0 Å². The summed E-state index contributed by atoms with van der Waals surface area (Å²) in [5.74, 6) is -1.93. The summed E-state index contributed by atoms with van der Waals surface area (Å²) in [5.41, 5.74) is 1.63. The van der Waals surface area contributed by atoms with Crippen molar-refractivity contribution in [3.05, 3.63) is 83.4 Å². The van der Waals surface area contributed by atoms with Crippen molar-refractivity contribution in [2.75, 3.05) is 0 Å². The van der Waals surface area contributed by atoms with Gasteiger partial charge in [0.1, 0.15) is 11.6 Å². The van der Waals surface area contributed by atoms with Crippen LogP contribution in [0.2, 0.25) is 0 Å². The molecule has 0 heterocycles. The molecule has 0 aromatic heterocycles. The van der Waals surface area contributed by atoms with Crippen molar-refractivity contribution in [3.63, 3.8) is 0 Å². The summed E-state index contributed by atoms with van der Waals surface area (Å²) in [5, 5.41) is 0. The topological polar surface area (TPSA) is 52.6 Å². The van der Waals surface area contributed by atoms with Gasteiger partial charge in [-0.15, -0.1) is 0 Å². The summed E-state index contributed by atoms with van der Waals surface area (Å²) in [6, 6.07) is 11.9. The van der Waals surface area contributed by atoms with Crippen LogP contribution in [0.4, 0.5) is 8.78 Å². The second-order valence-electron chi connectivity index (χ2n) is 5.90. The van der Waals surface area contributed by atoms with Gasteiger partial charge >= 0.3 is 11.9 Å². The smallest absolute Gasteiger partial charge is 0.247 e. The Morgan fingerprint density at radius 1 is 0.679 bits per heavy atom. The fourth-order valence-corrected chi connectivity index (χ4v) is 2.17. The predicted octanol–water partition coefficient (Wildman–Crippen LogP) is 5.25. The van der Waals surface area contributed by atoms with Crippen LogP contribution in [0, 0.1) is 11.6 Å². The van der Waals surface area contributed by atoms with Crippen molar-refractivity contribution in [1.29, 1.82) is 0 Å². The lowest BCUT2D eigenvalue weighted by atomic mass is 10.2. The molecule has 0 aliphatic rings. The maximum atomic E-state index is 12.8. The van der Waals surface area contributed by atoms with Crippen molar-refractivity contribution in [2.24, 2.45) is 0 Å². The minimum atomic E-state index is -0.654. The van der Waals surface area contributed by atoms with E-state index in [2.05, 4.69) is 9.78 Å². The van der Waals surface area contributed by atoms with Crippen molar-refractivity contribution in [3.8, 4) is 0 Å². The molecule has 0 unspecified atom stereocenters. The normalized spacial score (nSPS) is 11.1. The molecular formula is C22H20F2O4. The molecule has 2 rings (SSSR count). The average Bonchev–Trinajstić information content (AvgIpc) is 2.69. The number of carbonyl (C=O) groups is 2. The lowest BCUT2D eigenvalue weighted by Gasteiger charge is -2.01. The maximum Gasteiger partial charge on any atom is 0.355 e. The molecule has 0 atom stereocenters. The van der Waals surface area contributed by atoms with E-state index in [0.29, 0.717) is 12.8 Å². The van der Waals surface area contributed by atoms with Gasteiger partial charge < -0.3 is 0 Å². The Morgan fingerprint density at radius 2 is 1.04 bits per heavy atom. The summed E-state index contributed by atoms with van der Waals surface area (Å²) < 4.78 is 25.6. The maximum absolute atomic E-state index is 12.8. The Kier molecular flexibility index (Phi) is 8.59. The minimum Gasteiger partial charge on any atom is -0.247 e. The highest BCUT2D eigenvalue weighted by molar-refractivity contribution is 5.73. The van der Waals surface area contributed by atoms with Crippen LogP contribution in [0.25, 0.3) is 12.2 Å². The van der Waals surface area contributed by atoms with E-state index in [4.69, 9.17) is 0 Å². The van der Waals surface area contributed by atoms with Crippen LogP contribution in [-0.2, 0) is 19.4 Å². The van der Waals surface area contributed by atoms with Gasteiger partial charge in [-0.25, -0.2) is 28.1 Å². The molecule has 4 nitrogen and oxygen atoms in total. The number of benzene rings is 2. The lowest BCUT2D eigenvalue weighted by Crippen LogP contribution is -2.10. The van der Waals surface area contributed by atoms with Crippen molar-refractivity contribution < 1.29 is 28.1 Å². The van der Waals surface area contributed by atoms with Crippen LogP contribution in [0.15, 0.2) is 60.7 Å². The van der Waals surface area contributed by atoms with E-state index >= 15 is 0 Å². The van der Waals surface area contributed by atoms with Gasteiger partial charge in [-0.2, -0.15) is 0 Å². The van der Waals surface area contributed by atoms with Crippen molar-refractivity contribution >= 4 is 24.1 Å². The molecule has 0 saturated heterocycles. The fraction of sp³-hybridized carbons (Fsp3) is 0.182. The first kappa shape index (κ1) is 21.0. The van der Waals surface area contributed by atoms with Crippen molar-refractivity contribution in [1.82, 2.24) is 0 Å². The van der Waals surface area contributed by atoms with Crippen LogP contribution in [-0.4, -0.2) is 11.9 Å². The van der Waals surface area contributed by atoms with Gasteiger partial charge in [-0.1, -0.05) is 48.6 Å². The lowest BCUT2D eigenvalue weighted by molar-refractivity contribution is -0.259. The number of hydrogen-bond donors (Lipinski definition) is 0. The molecule has 0 radical (unpaired) electrons. The molecule has 2 aromatic carbocycles. The molecule has 0 aliphatic heterocycles. The number of halogens is 2. The summed E-state index contributed by atoms with van der Waals surface area (Å²) in [4.78, 5) is 32.0. The largest absolute Gasteiger partial charge is 0.355 e. The Balaban J connectivity index is 1.58. The van der Waals surface area contributed by atoms with E-state index in [9.17, 15) is 18.4 Å². The van der Waals surface area contributed by atoms with Crippen LogP contribution in [0.3, 0.4) is 0 Å². The third-order valence-electron chi connectivity index (χ3n) is 3.62. The molecule has 6 heteroatoms. The van der Waals surface area contributed by atoms with Gasteiger partial charge in [-0.05, 0) is 48.2 Å². The molecule has 146 valence electrons.